The zero-order valence-electron chi connectivity index (χ0n) is 9.09. The number of fused-ring (bicyclic) bond motifs is 1. The molecular weight excluding hydrogens is 200 g/mol. The minimum absolute atomic E-state index is 0.807. The van der Waals surface area contributed by atoms with E-state index in [9.17, 15) is 0 Å². The lowest BCUT2D eigenvalue weighted by Crippen LogP contribution is -2.16. The highest BCUT2D eigenvalue weighted by atomic mass is 15.2. The average Bonchev–Trinajstić information content (AvgIpc) is 2.72. The number of hydrogen-bond donors (Lipinski definition) is 0. The Bertz CT molecular complexity index is 499. The summed E-state index contributed by atoms with van der Waals surface area (Å²) < 4.78 is 0. The number of rotatable bonds is 1. The van der Waals surface area contributed by atoms with Crippen LogP contribution in [0.1, 0.15) is 17.1 Å². The second-order valence-electron chi connectivity index (χ2n) is 3.93. The van der Waals surface area contributed by atoms with Crippen molar-refractivity contribution in [2.24, 2.45) is 0 Å². The molecule has 2 aromatic heterocycles. The Hall–Kier alpha value is -1.97. The van der Waals surface area contributed by atoms with Crippen LogP contribution in [0.15, 0.2) is 30.6 Å². The first-order valence-electron chi connectivity index (χ1n) is 5.30. The van der Waals surface area contributed by atoms with Gasteiger partial charge in [-0.15, -0.1) is 0 Å². The third-order valence-corrected chi connectivity index (χ3v) is 2.77. The molecule has 4 nitrogen and oxygen atoms in total. The van der Waals surface area contributed by atoms with Crippen LogP contribution in [0.2, 0.25) is 0 Å². The fourth-order valence-electron chi connectivity index (χ4n) is 1.98. The summed E-state index contributed by atoms with van der Waals surface area (Å²) in [6, 6.07) is 6.04. The lowest BCUT2D eigenvalue weighted by atomic mass is 10.2. The van der Waals surface area contributed by atoms with Crippen molar-refractivity contribution in [1.29, 1.82) is 0 Å². The third kappa shape index (κ3) is 1.52. The highest BCUT2D eigenvalue weighted by Crippen LogP contribution is 2.24. The normalized spacial score (nSPS) is 13.9. The topological polar surface area (TPSA) is 41.9 Å². The molecule has 2 aromatic rings. The first-order valence-corrected chi connectivity index (χ1v) is 5.30. The van der Waals surface area contributed by atoms with Crippen LogP contribution in [0.5, 0.6) is 0 Å². The molecule has 4 heteroatoms. The van der Waals surface area contributed by atoms with Gasteiger partial charge < -0.3 is 4.90 Å². The molecule has 0 fully saturated rings. The van der Waals surface area contributed by atoms with Crippen molar-refractivity contribution in [3.63, 3.8) is 0 Å². The summed E-state index contributed by atoms with van der Waals surface area (Å²) in [6.07, 6.45) is 3.64. The Labute approximate surface area is 94.0 Å². The zero-order chi connectivity index (χ0) is 11.0. The van der Waals surface area contributed by atoms with Crippen LogP contribution in [-0.2, 0) is 13.1 Å². The Balaban J connectivity index is 1.91. The summed E-state index contributed by atoms with van der Waals surface area (Å²) in [4.78, 5) is 15.1. The van der Waals surface area contributed by atoms with Gasteiger partial charge in [0.1, 0.15) is 11.6 Å². The fraction of sp³-hybridized carbons (Fsp3) is 0.250. The summed E-state index contributed by atoms with van der Waals surface area (Å²) in [5.41, 5.74) is 2.44. The maximum atomic E-state index is 4.43. The SMILES string of the molecule is Cc1nccc(N2Cc3cccnc3C2)n1. The largest absolute Gasteiger partial charge is 0.346 e. The van der Waals surface area contributed by atoms with Gasteiger partial charge in [-0.3, -0.25) is 4.98 Å². The van der Waals surface area contributed by atoms with Crippen molar-refractivity contribution in [3.8, 4) is 0 Å². The van der Waals surface area contributed by atoms with E-state index in [0.29, 0.717) is 0 Å². The molecule has 0 aliphatic carbocycles. The van der Waals surface area contributed by atoms with E-state index in [2.05, 4.69) is 25.9 Å². The van der Waals surface area contributed by atoms with E-state index in [1.807, 2.05) is 25.3 Å². The predicted molar refractivity (Wildman–Crippen MR) is 60.9 cm³/mol. The van der Waals surface area contributed by atoms with Gasteiger partial charge in [0, 0.05) is 18.9 Å². The monoisotopic (exact) mass is 212 g/mol. The van der Waals surface area contributed by atoms with Crippen molar-refractivity contribution in [2.75, 3.05) is 4.90 Å². The first kappa shape index (κ1) is 9.27. The minimum Gasteiger partial charge on any atom is -0.346 e. The van der Waals surface area contributed by atoms with Gasteiger partial charge in [0.05, 0.1) is 12.2 Å². The smallest absolute Gasteiger partial charge is 0.132 e. The van der Waals surface area contributed by atoms with Crippen LogP contribution >= 0.6 is 0 Å². The molecule has 0 unspecified atom stereocenters. The summed E-state index contributed by atoms with van der Waals surface area (Å²) in [5, 5.41) is 0. The minimum atomic E-state index is 0.807. The average molecular weight is 212 g/mol. The maximum absolute atomic E-state index is 4.43. The summed E-state index contributed by atoms with van der Waals surface area (Å²) in [6.45, 7) is 3.64. The molecule has 0 atom stereocenters. The maximum Gasteiger partial charge on any atom is 0.132 e. The van der Waals surface area contributed by atoms with E-state index < -0.39 is 0 Å². The van der Waals surface area contributed by atoms with Crippen LogP contribution in [0.4, 0.5) is 5.82 Å². The van der Waals surface area contributed by atoms with Crippen LogP contribution in [0.3, 0.4) is 0 Å². The summed E-state index contributed by atoms with van der Waals surface area (Å²) >= 11 is 0. The molecule has 80 valence electrons. The molecule has 0 N–H and O–H groups in total. The van der Waals surface area contributed by atoms with E-state index in [-0.39, 0.29) is 0 Å². The zero-order valence-corrected chi connectivity index (χ0v) is 9.09. The van der Waals surface area contributed by atoms with E-state index in [1.54, 1.807) is 6.20 Å². The molecule has 1 aliphatic heterocycles. The molecule has 3 heterocycles. The molecule has 0 saturated heterocycles. The second-order valence-corrected chi connectivity index (χ2v) is 3.93. The molecule has 0 bridgehead atoms. The van der Waals surface area contributed by atoms with Crippen molar-refractivity contribution >= 4 is 5.82 Å². The Kier molecular flexibility index (Phi) is 2.06. The lowest BCUT2D eigenvalue weighted by Gasteiger charge is -2.15. The Morgan fingerprint density at radius 1 is 1.12 bits per heavy atom. The van der Waals surface area contributed by atoms with Crippen molar-refractivity contribution < 1.29 is 0 Å². The molecule has 16 heavy (non-hydrogen) atoms. The van der Waals surface area contributed by atoms with Gasteiger partial charge in [-0.25, -0.2) is 9.97 Å². The number of pyridine rings is 1. The molecule has 0 amide bonds. The molecule has 0 spiro atoms. The molecule has 0 radical (unpaired) electrons. The predicted octanol–water partition coefficient (Wildman–Crippen LogP) is 1.70. The molecule has 3 rings (SSSR count). The summed E-state index contributed by atoms with van der Waals surface area (Å²) in [5.74, 6) is 1.78. The first-order chi connectivity index (χ1) is 7.83. The quantitative estimate of drug-likeness (QED) is 0.721. The third-order valence-electron chi connectivity index (χ3n) is 2.77. The lowest BCUT2D eigenvalue weighted by molar-refractivity contribution is 0.835. The van der Waals surface area contributed by atoms with E-state index >= 15 is 0 Å². The number of nitrogens with zero attached hydrogens (tertiary/aromatic N) is 4. The fourth-order valence-corrected chi connectivity index (χ4v) is 1.98. The molecule has 0 saturated carbocycles. The van der Waals surface area contributed by atoms with Gasteiger partial charge in [0.2, 0.25) is 0 Å². The van der Waals surface area contributed by atoms with Crippen molar-refractivity contribution in [2.45, 2.75) is 20.0 Å². The van der Waals surface area contributed by atoms with Crippen LogP contribution in [0, 0.1) is 6.92 Å². The van der Waals surface area contributed by atoms with E-state index in [1.165, 1.54) is 5.56 Å². The summed E-state index contributed by atoms with van der Waals surface area (Å²) in [7, 11) is 0. The number of aryl methyl sites for hydroxylation is 1. The van der Waals surface area contributed by atoms with Gasteiger partial charge in [0.25, 0.3) is 0 Å². The Morgan fingerprint density at radius 3 is 2.88 bits per heavy atom. The molecular formula is C12H12N4. The van der Waals surface area contributed by atoms with E-state index in [0.717, 1.165) is 30.4 Å². The molecule has 1 aliphatic rings. The van der Waals surface area contributed by atoms with Gasteiger partial charge in [-0.1, -0.05) is 6.07 Å². The Morgan fingerprint density at radius 2 is 2.06 bits per heavy atom. The number of hydrogen-bond acceptors (Lipinski definition) is 4. The van der Waals surface area contributed by atoms with Gasteiger partial charge in [-0.2, -0.15) is 0 Å². The van der Waals surface area contributed by atoms with Crippen LogP contribution < -0.4 is 4.90 Å². The molecule has 0 aromatic carbocycles. The standard InChI is InChI=1S/C12H12N4/c1-9-13-6-4-12(15-9)16-7-10-3-2-5-14-11(10)8-16/h2-6H,7-8H2,1H3. The van der Waals surface area contributed by atoms with E-state index in [4.69, 9.17) is 0 Å². The van der Waals surface area contributed by atoms with Gasteiger partial charge >= 0.3 is 0 Å². The number of aromatic nitrogens is 3. The highest BCUT2D eigenvalue weighted by molar-refractivity contribution is 5.44. The number of anilines is 1. The van der Waals surface area contributed by atoms with Gasteiger partial charge in [0.15, 0.2) is 0 Å². The highest BCUT2D eigenvalue weighted by Gasteiger charge is 2.20. The second kappa shape index (κ2) is 3.56. The van der Waals surface area contributed by atoms with Gasteiger partial charge in [-0.05, 0) is 24.6 Å². The van der Waals surface area contributed by atoms with Crippen LogP contribution in [-0.4, -0.2) is 15.0 Å². The van der Waals surface area contributed by atoms with Crippen molar-refractivity contribution in [3.05, 3.63) is 47.7 Å². The van der Waals surface area contributed by atoms with Crippen LogP contribution in [0.25, 0.3) is 0 Å². The van der Waals surface area contributed by atoms with Crippen molar-refractivity contribution in [1.82, 2.24) is 15.0 Å².